The van der Waals surface area contributed by atoms with E-state index in [1.807, 2.05) is 38.4 Å². The first kappa shape index (κ1) is 50.5. The molecule has 6 heterocycles. The highest BCUT2D eigenvalue weighted by atomic mass is 16.7. The molecule has 5 aliphatic carbocycles. The lowest BCUT2D eigenvalue weighted by Crippen LogP contribution is -2.56. The normalized spacial score (nSPS) is 38.5. The third-order valence-electron chi connectivity index (χ3n) is 19.5. The molecule has 0 aromatic heterocycles. The molecule has 1 aromatic carbocycles. The van der Waals surface area contributed by atoms with Crippen LogP contribution >= 0.6 is 0 Å². The average molecular weight is 997 g/mol. The van der Waals surface area contributed by atoms with Gasteiger partial charge in [-0.15, -0.1) is 0 Å². The second-order valence-corrected chi connectivity index (χ2v) is 23.8. The van der Waals surface area contributed by atoms with E-state index in [2.05, 4.69) is 70.8 Å². The Morgan fingerprint density at radius 3 is 2.68 bits per heavy atom. The molecule has 9 N–H and O–H groups in total. The molecule has 12 rings (SSSR count). The van der Waals surface area contributed by atoms with Crippen molar-refractivity contribution < 1.29 is 34.1 Å². The van der Waals surface area contributed by atoms with Crippen LogP contribution in [0.5, 0.6) is 0 Å². The van der Waals surface area contributed by atoms with E-state index < -0.39 is 34.8 Å². The molecule has 0 amide bonds. The smallest absolute Gasteiger partial charge is 0.350 e. The number of fused-ring (bicyclic) bond motifs is 7. The number of likely N-dealkylation sites (N-methyl/N-ethyl adjacent to an activating group) is 1. The van der Waals surface area contributed by atoms with E-state index in [4.69, 9.17) is 15.2 Å². The largest absolute Gasteiger partial charge is 0.459 e. The molecule has 13 nitrogen and oxygen atoms in total. The summed E-state index contributed by atoms with van der Waals surface area (Å²) in [5, 5.41) is 39.5. The lowest BCUT2D eigenvalue weighted by atomic mass is 9.53. The van der Waals surface area contributed by atoms with E-state index in [0.29, 0.717) is 61.5 Å². The highest BCUT2D eigenvalue weighted by Gasteiger charge is 2.86. The fourth-order valence-corrected chi connectivity index (χ4v) is 16.1. The number of rotatable bonds is 13. The van der Waals surface area contributed by atoms with Gasteiger partial charge in [-0.05, 0) is 178 Å². The van der Waals surface area contributed by atoms with Crippen LogP contribution in [0, 0.1) is 46.8 Å². The highest BCUT2D eigenvalue weighted by molar-refractivity contribution is 6.33. The second-order valence-electron chi connectivity index (χ2n) is 23.8. The van der Waals surface area contributed by atoms with Gasteiger partial charge in [0.15, 0.2) is 11.4 Å². The number of Topliss-reactive ketones (excluding diaryl/α,β-unsaturated/α-hetero) is 2. The number of ether oxygens (including phenoxy) is 2. The number of benzene rings is 1. The van der Waals surface area contributed by atoms with E-state index in [1.54, 1.807) is 6.07 Å². The highest BCUT2D eigenvalue weighted by Crippen LogP contribution is 2.62. The van der Waals surface area contributed by atoms with Crippen LogP contribution in [0.4, 0.5) is 0 Å². The summed E-state index contributed by atoms with van der Waals surface area (Å²) in [6.45, 7) is 7.44. The van der Waals surface area contributed by atoms with Gasteiger partial charge in [-0.3, -0.25) is 9.59 Å². The molecule has 392 valence electrons. The van der Waals surface area contributed by atoms with Gasteiger partial charge in [-0.25, -0.2) is 4.79 Å². The summed E-state index contributed by atoms with van der Waals surface area (Å²) in [7, 11) is 1.99. The van der Waals surface area contributed by atoms with Gasteiger partial charge in [0.25, 0.3) is 5.60 Å². The fraction of sp³-hybridized carbons (Fsp3) is 0.617. The Labute approximate surface area is 432 Å². The molecule has 1 aromatic rings. The van der Waals surface area contributed by atoms with Crippen molar-refractivity contribution in [1.29, 1.82) is 0 Å². The summed E-state index contributed by atoms with van der Waals surface area (Å²) in [6, 6.07) is 5.44. The van der Waals surface area contributed by atoms with Crippen LogP contribution in [0.2, 0.25) is 0 Å². The number of carbonyl (C=O) groups is 3. The predicted octanol–water partition coefficient (Wildman–Crippen LogP) is 6.86. The second kappa shape index (κ2) is 20.1. The molecule has 73 heavy (non-hydrogen) atoms. The summed E-state index contributed by atoms with van der Waals surface area (Å²) < 4.78 is 13.7. The molecule has 2 saturated carbocycles. The summed E-state index contributed by atoms with van der Waals surface area (Å²) in [4.78, 5) is 47.6. The first-order valence-corrected chi connectivity index (χ1v) is 28.0. The molecular weight excluding hydrogens is 917 g/mol. The predicted molar refractivity (Wildman–Crippen MR) is 281 cm³/mol. The molecule has 1 spiro atoms. The number of hydrogen-bond acceptors (Lipinski definition) is 13. The van der Waals surface area contributed by atoms with Crippen molar-refractivity contribution in [3.05, 3.63) is 117 Å². The van der Waals surface area contributed by atoms with Gasteiger partial charge in [0.05, 0.1) is 18.9 Å². The first-order chi connectivity index (χ1) is 35.3. The summed E-state index contributed by atoms with van der Waals surface area (Å²) >= 11 is 0. The molecule has 1 saturated heterocycles. The minimum atomic E-state index is -2.26. The van der Waals surface area contributed by atoms with Gasteiger partial charge in [0.1, 0.15) is 11.9 Å². The molecule has 14 atom stereocenters. The van der Waals surface area contributed by atoms with Crippen LogP contribution in [0.1, 0.15) is 137 Å². The Hall–Kier alpha value is -4.63. The number of hydrogen-bond donors (Lipinski definition) is 8. The average Bonchev–Trinajstić information content (AvgIpc) is 4.10. The van der Waals surface area contributed by atoms with Crippen molar-refractivity contribution in [3.8, 4) is 0 Å². The Morgan fingerprint density at radius 2 is 1.90 bits per heavy atom. The van der Waals surface area contributed by atoms with E-state index in [0.717, 1.165) is 93.3 Å². The molecule has 11 aliphatic rings. The zero-order chi connectivity index (χ0) is 50.8. The summed E-state index contributed by atoms with van der Waals surface area (Å²) in [6.07, 6.45) is 26.5. The molecular formula is C60H80N6O7. The first-order valence-electron chi connectivity index (χ1n) is 28.0. The molecule has 1 unspecified atom stereocenters. The maximum absolute atomic E-state index is 16.0. The number of esters is 1. The number of allylic oxidation sites excluding steroid dienone is 8. The Balaban J connectivity index is 1.01. The maximum atomic E-state index is 16.0. The van der Waals surface area contributed by atoms with Gasteiger partial charge < -0.3 is 52.0 Å². The van der Waals surface area contributed by atoms with E-state index in [9.17, 15) is 10.2 Å². The Kier molecular flexibility index (Phi) is 13.9. The van der Waals surface area contributed by atoms with Crippen molar-refractivity contribution in [3.63, 3.8) is 0 Å². The number of nitrogens with one attached hydrogen (secondary N) is 5. The van der Waals surface area contributed by atoms with Crippen LogP contribution in [-0.2, 0) is 20.7 Å². The van der Waals surface area contributed by atoms with Crippen molar-refractivity contribution in [1.82, 2.24) is 26.6 Å². The van der Waals surface area contributed by atoms with Crippen LogP contribution < -0.4 is 32.3 Å². The number of nitrogens with two attached hydrogens (primary N) is 1. The fourth-order valence-electron chi connectivity index (χ4n) is 16.1. The molecule has 0 radical (unpaired) electrons. The van der Waals surface area contributed by atoms with Gasteiger partial charge >= 0.3 is 5.97 Å². The lowest BCUT2D eigenvalue weighted by molar-refractivity contribution is -0.160. The minimum absolute atomic E-state index is 0.0755. The van der Waals surface area contributed by atoms with Crippen LogP contribution in [0.15, 0.2) is 100 Å². The number of ketones is 2. The van der Waals surface area contributed by atoms with Crippen LogP contribution in [-0.4, -0.2) is 96.8 Å². The monoisotopic (exact) mass is 997 g/mol. The van der Waals surface area contributed by atoms with E-state index >= 15 is 14.4 Å². The zero-order valence-corrected chi connectivity index (χ0v) is 43.6. The SMILES string of the molecule is CCN[C@@H]1C=C2C=CC[C@H]3[C@@H]4CCC[C@@](C)(CC5=CNC(N)C=C5)Cc5cccc6c5C(=O)[C@]5(O[C@@]5(C/C(CO)=C(\C)C[C@@H]5CC[C@@H]7C[C@H](NC)NC8=C7C5=CCN8)C6=O)C(=O)O[C@@H](CCCO)[C@@H]1[C@@H](CC4)[C@@H]23. The molecule has 3 fully saturated rings. The van der Waals surface area contributed by atoms with Crippen molar-refractivity contribution in [2.45, 2.75) is 153 Å². The van der Waals surface area contributed by atoms with Crippen LogP contribution in [0.25, 0.3) is 0 Å². The van der Waals surface area contributed by atoms with Crippen molar-refractivity contribution in [2.75, 3.05) is 33.4 Å². The molecule has 13 heteroatoms. The quantitative estimate of drug-likeness (QED) is 0.0442. The molecule has 6 bridgehead atoms. The third-order valence-corrected chi connectivity index (χ3v) is 19.5. The number of aliphatic hydroxyl groups excluding tert-OH is 2. The maximum Gasteiger partial charge on any atom is 0.350 e. The van der Waals surface area contributed by atoms with Gasteiger partial charge in [0.2, 0.25) is 5.78 Å². The number of carbonyl (C=O) groups excluding carboxylic acids is 3. The molecule has 6 aliphatic heterocycles. The van der Waals surface area contributed by atoms with Gasteiger partial charge in [-0.2, -0.15) is 0 Å². The van der Waals surface area contributed by atoms with E-state index in [1.165, 1.54) is 16.7 Å². The minimum Gasteiger partial charge on any atom is -0.459 e. The van der Waals surface area contributed by atoms with Gasteiger partial charge in [0, 0.05) is 48.9 Å². The number of dihydropyridines is 2. The standard InChI is InChI=1S/C60H80N6O7/c1-5-63-46-27-38-10-6-13-42-36-12-8-23-58(3,29-35-16-21-48(61)65-32-35)30-40-11-7-14-45-51(40)55(70)60(57(71)72-47(15-9-25-67)53(46)44(20-19-36)50(38)42)59(73-60,54(45)69)31-41(33-68)34(2)26-37-17-18-39-28-49(62-4)66-56-52(39)43(37)22-24-64-56/h6-7,10-11,14,16,21-22,27,32,36-37,39,42,44,46-50,53,62-68H,5,8-9,12-13,15,17-20,23-26,28-31,33,61H2,1-4H3/b41-34-/t36-,37+,39-,42+,44+,46-,47+,48?,49-,50+,53-,58+,59+,60+/m1/s1. The summed E-state index contributed by atoms with van der Waals surface area (Å²) in [5.74, 6) is 1.30. The third kappa shape index (κ3) is 8.75. The number of epoxide rings is 1. The van der Waals surface area contributed by atoms with Gasteiger partial charge in [-0.1, -0.05) is 80.8 Å². The topological polar surface area (TPSA) is 200 Å². The Morgan fingerprint density at radius 1 is 1.04 bits per heavy atom. The number of aliphatic hydroxyl groups is 2. The van der Waals surface area contributed by atoms with Crippen LogP contribution in [0.3, 0.4) is 0 Å². The lowest BCUT2D eigenvalue weighted by Gasteiger charge is -2.53. The van der Waals surface area contributed by atoms with Crippen molar-refractivity contribution >= 4 is 17.5 Å². The zero-order valence-electron chi connectivity index (χ0n) is 43.6. The Bertz CT molecular complexity index is 2610. The van der Waals surface area contributed by atoms with E-state index in [-0.39, 0.29) is 72.3 Å². The summed E-state index contributed by atoms with van der Waals surface area (Å²) in [5.41, 5.74) is 9.65. The van der Waals surface area contributed by atoms with Crippen molar-refractivity contribution in [2.24, 2.45) is 52.6 Å².